The van der Waals surface area contributed by atoms with Gasteiger partial charge in [0.05, 0.1) is 0 Å². The first-order chi connectivity index (χ1) is 8.78. The lowest BCUT2D eigenvalue weighted by Gasteiger charge is -2.23. The lowest BCUT2D eigenvalue weighted by atomic mass is 9.84. The lowest BCUT2D eigenvalue weighted by molar-refractivity contribution is -0.137. The van der Waals surface area contributed by atoms with E-state index in [1.54, 1.807) is 0 Å². The highest BCUT2D eigenvalue weighted by Gasteiger charge is 2.28. The number of hydrogen-bond acceptors (Lipinski definition) is 2. The van der Waals surface area contributed by atoms with Crippen LogP contribution in [0, 0.1) is 11.3 Å². The Balaban J connectivity index is 2.22. The molecule has 1 fully saturated rings. The molecule has 1 aliphatic heterocycles. The Kier molecular flexibility index (Phi) is 5.63. The maximum Gasteiger partial charge on any atom is 0.317 e. The van der Waals surface area contributed by atoms with Crippen LogP contribution in [0.1, 0.15) is 46.5 Å². The van der Waals surface area contributed by atoms with Crippen molar-refractivity contribution in [1.29, 1.82) is 0 Å². The summed E-state index contributed by atoms with van der Waals surface area (Å²) in [5.41, 5.74) is 0.304. The number of rotatable bonds is 5. The molecular formula is C14H26N2O3. The molecule has 1 heterocycles. The number of carbonyl (C=O) groups excluding carboxylic acids is 1. The zero-order chi connectivity index (χ0) is 14.5. The van der Waals surface area contributed by atoms with Gasteiger partial charge in [-0.2, -0.15) is 0 Å². The molecule has 2 N–H and O–H groups in total. The maximum atomic E-state index is 11.9. The Bertz CT molecular complexity index is 323. The van der Waals surface area contributed by atoms with E-state index in [1.807, 2.05) is 4.90 Å². The molecule has 110 valence electrons. The normalized spacial score (nSPS) is 19.5. The molecule has 5 heteroatoms. The average molecular weight is 270 g/mol. The van der Waals surface area contributed by atoms with E-state index in [2.05, 4.69) is 26.1 Å². The summed E-state index contributed by atoms with van der Waals surface area (Å²) in [7, 11) is 0. The fourth-order valence-electron chi connectivity index (χ4n) is 2.60. The van der Waals surface area contributed by atoms with Gasteiger partial charge in [-0.25, -0.2) is 4.79 Å². The number of carbonyl (C=O) groups is 2. The fourth-order valence-corrected chi connectivity index (χ4v) is 2.60. The number of nitrogens with one attached hydrogen (secondary N) is 1. The van der Waals surface area contributed by atoms with Crippen LogP contribution in [0.25, 0.3) is 0 Å². The Morgan fingerprint density at radius 3 is 2.63 bits per heavy atom. The molecule has 5 nitrogen and oxygen atoms in total. The molecule has 0 aliphatic carbocycles. The summed E-state index contributed by atoms with van der Waals surface area (Å²) in [4.78, 5) is 24.1. The number of likely N-dealkylation sites (tertiary alicyclic amines) is 1. The second kappa shape index (κ2) is 6.78. The molecule has 0 saturated carbocycles. The third-order valence-electron chi connectivity index (χ3n) is 3.32. The van der Waals surface area contributed by atoms with Crippen molar-refractivity contribution < 1.29 is 14.7 Å². The second-order valence-electron chi connectivity index (χ2n) is 6.59. The number of carboxylic acid groups (broad SMARTS) is 1. The highest BCUT2D eigenvalue weighted by Crippen LogP contribution is 2.30. The molecule has 2 amide bonds. The summed E-state index contributed by atoms with van der Waals surface area (Å²) in [5.74, 6) is -0.231. The van der Waals surface area contributed by atoms with E-state index < -0.39 is 5.97 Å². The highest BCUT2D eigenvalue weighted by atomic mass is 16.4. The van der Waals surface area contributed by atoms with Gasteiger partial charge in [0, 0.05) is 26.1 Å². The topological polar surface area (TPSA) is 69.6 Å². The van der Waals surface area contributed by atoms with Crippen molar-refractivity contribution in [2.24, 2.45) is 11.3 Å². The van der Waals surface area contributed by atoms with Gasteiger partial charge in [-0.15, -0.1) is 0 Å². The molecule has 1 unspecified atom stereocenters. The molecule has 1 saturated heterocycles. The summed E-state index contributed by atoms with van der Waals surface area (Å²) in [6.45, 7) is 8.74. The predicted molar refractivity (Wildman–Crippen MR) is 74.0 cm³/mol. The third kappa shape index (κ3) is 6.45. The standard InChI is InChI=1S/C14H26N2O3/c1-14(2,3)9-11-6-8-16(10-11)13(19)15-7-4-5-12(17)18/h11H,4-10H2,1-3H3,(H,15,19)(H,17,18). The molecular weight excluding hydrogens is 244 g/mol. The van der Waals surface area contributed by atoms with Crippen molar-refractivity contribution >= 4 is 12.0 Å². The second-order valence-corrected chi connectivity index (χ2v) is 6.59. The molecule has 0 bridgehead atoms. The zero-order valence-corrected chi connectivity index (χ0v) is 12.2. The monoisotopic (exact) mass is 270 g/mol. The zero-order valence-electron chi connectivity index (χ0n) is 12.2. The number of urea groups is 1. The van der Waals surface area contributed by atoms with Crippen LogP contribution < -0.4 is 5.32 Å². The van der Waals surface area contributed by atoms with Crippen LogP contribution in [-0.4, -0.2) is 41.6 Å². The van der Waals surface area contributed by atoms with E-state index in [-0.39, 0.29) is 12.5 Å². The summed E-state index contributed by atoms with van der Waals surface area (Å²) >= 11 is 0. The van der Waals surface area contributed by atoms with Gasteiger partial charge < -0.3 is 15.3 Å². The minimum absolute atomic E-state index is 0.0539. The molecule has 1 rings (SSSR count). The molecule has 19 heavy (non-hydrogen) atoms. The van der Waals surface area contributed by atoms with Crippen LogP contribution in [0.4, 0.5) is 4.79 Å². The molecule has 0 aromatic heterocycles. The van der Waals surface area contributed by atoms with Gasteiger partial charge in [0.2, 0.25) is 0 Å². The minimum atomic E-state index is -0.819. The summed E-state index contributed by atoms with van der Waals surface area (Å²) < 4.78 is 0. The largest absolute Gasteiger partial charge is 0.481 e. The summed E-state index contributed by atoms with van der Waals surface area (Å²) in [6.07, 6.45) is 2.79. The number of aliphatic carboxylic acids is 1. The molecule has 0 aromatic rings. The van der Waals surface area contributed by atoms with Crippen molar-refractivity contribution in [1.82, 2.24) is 10.2 Å². The van der Waals surface area contributed by atoms with Gasteiger partial charge >= 0.3 is 12.0 Å². The number of nitrogens with zero attached hydrogens (tertiary/aromatic N) is 1. The van der Waals surface area contributed by atoms with Crippen LogP contribution in [0.15, 0.2) is 0 Å². The number of carboxylic acids is 1. The van der Waals surface area contributed by atoms with Crippen LogP contribution in [0.2, 0.25) is 0 Å². The van der Waals surface area contributed by atoms with E-state index in [9.17, 15) is 9.59 Å². The summed E-state index contributed by atoms with van der Waals surface area (Å²) in [6, 6.07) is -0.0539. The Hall–Kier alpha value is -1.26. The van der Waals surface area contributed by atoms with Gasteiger partial charge in [0.1, 0.15) is 0 Å². The van der Waals surface area contributed by atoms with Gasteiger partial charge in [-0.3, -0.25) is 4.79 Å². The van der Waals surface area contributed by atoms with Gasteiger partial charge in [0.25, 0.3) is 0 Å². The molecule has 0 aromatic carbocycles. The van der Waals surface area contributed by atoms with E-state index in [1.165, 1.54) is 0 Å². The van der Waals surface area contributed by atoms with Crippen molar-refractivity contribution in [2.75, 3.05) is 19.6 Å². The molecule has 1 aliphatic rings. The molecule has 0 spiro atoms. The maximum absolute atomic E-state index is 11.9. The van der Waals surface area contributed by atoms with Gasteiger partial charge in [-0.05, 0) is 30.6 Å². The van der Waals surface area contributed by atoms with E-state index in [4.69, 9.17) is 5.11 Å². The third-order valence-corrected chi connectivity index (χ3v) is 3.32. The van der Waals surface area contributed by atoms with Crippen molar-refractivity contribution in [2.45, 2.75) is 46.5 Å². The van der Waals surface area contributed by atoms with Crippen molar-refractivity contribution in [3.63, 3.8) is 0 Å². The van der Waals surface area contributed by atoms with E-state index in [0.29, 0.717) is 24.3 Å². The SMILES string of the molecule is CC(C)(C)CC1CCN(C(=O)NCCCC(=O)O)C1. The van der Waals surface area contributed by atoms with Gasteiger partial charge in [-0.1, -0.05) is 20.8 Å². The highest BCUT2D eigenvalue weighted by molar-refractivity contribution is 5.74. The quantitative estimate of drug-likeness (QED) is 0.753. The Labute approximate surface area is 115 Å². The first-order valence-corrected chi connectivity index (χ1v) is 7.02. The molecule has 1 atom stereocenters. The van der Waals surface area contributed by atoms with E-state index in [0.717, 1.165) is 25.9 Å². The van der Waals surface area contributed by atoms with Crippen LogP contribution in [0.5, 0.6) is 0 Å². The van der Waals surface area contributed by atoms with E-state index >= 15 is 0 Å². The Morgan fingerprint density at radius 1 is 1.37 bits per heavy atom. The van der Waals surface area contributed by atoms with Crippen molar-refractivity contribution in [3.8, 4) is 0 Å². The predicted octanol–water partition coefficient (Wildman–Crippen LogP) is 2.32. The summed E-state index contributed by atoms with van der Waals surface area (Å²) in [5, 5.41) is 11.3. The fraction of sp³-hybridized carbons (Fsp3) is 0.857. The molecule has 0 radical (unpaired) electrons. The van der Waals surface area contributed by atoms with Crippen LogP contribution in [-0.2, 0) is 4.79 Å². The number of amides is 2. The smallest absolute Gasteiger partial charge is 0.317 e. The minimum Gasteiger partial charge on any atom is -0.481 e. The van der Waals surface area contributed by atoms with Crippen LogP contribution >= 0.6 is 0 Å². The van der Waals surface area contributed by atoms with Crippen molar-refractivity contribution in [3.05, 3.63) is 0 Å². The first-order valence-electron chi connectivity index (χ1n) is 7.02. The number of hydrogen-bond donors (Lipinski definition) is 2. The van der Waals surface area contributed by atoms with Crippen LogP contribution in [0.3, 0.4) is 0 Å². The Morgan fingerprint density at radius 2 is 2.05 bits per heavy atom. The lowest BCUT2D eigenvalue weighted by Crippen LogP contribution is -2.39. The average Bonchev–Trinajstić information content (AvgIpc) is 2.69. The first kappa shape index (κ1) is 15.8. The van der Waals surface area contributed by atoms with Gasteiger partial charge in [0.15, 0.2) is 0 Å².